The van der Waals surface area contributed by atoms with Gasteiger partial charge in [0.15, 0.2) is 23.2 Å². The Kier molecular flexibility index (Phi) is 5.67. The van der Waals surface area contributed by atoms with Crippen LogP contribution in [-0.4, -0.2) is 60.2 Å². The summed E-state index contributed by atoms with van der Waals surface area (Å²) in [6, 6.07) is 0.268. The van der Waals surface area contributed by atoms with E-state index in [1.165, 1.54) is 12.7 Å². The Bertz CT molecular complexity index is 915. The topological polar surface area (TPSA) is 115 Å². The number of imidazole rings is 1. The van der Waals surface area contributed by atoms with Gasteiger partial charge in [-0.1, -0.05) is 12.0 Å². The maximum absolute atomic E-state index is 10.3. The molecule has 1 saturated heterocycles. The maximum atomic E-state index is 10.3. The lowest BCUT2D eigenvalue weighted by Crippen LogP contribution is -2.30. The van der Waals surface area contributed by atoms with Crippen molar-refractivity contribution >= 4 is 17.0 Å². The zero-order valence-corrected chi connectivity index (χ0v) is 16.2. The first-order valence-corrected chi connectivity index (χ1v) is 9.80. The maximum Gasteiger partial charge on any atom is 0.167 e. The second kappa shape index (κ2) is 8.37. The average Bonchev–Trinajstić information content (AvgIpc) is 3.29. The molecule has 154 valence electrons. The summed E-state index contributed by atoms with van der Waals surface area (Å²) >= 11 is 0. The molecule has 2 aliphatic rings. The van der Waals surface area contributed by atoms with Crippen molar-refractivity contribution in [2.45, 2.75) is 69.3 Å². The Morgan fingerprint density at radius 2 is 2.03 bits per heavy atom. The van der Waals surface area contributed by atoms with Gasteiger partial charge in [0.1, 0.15) is 24.6 Å². The lowest BCUT2D eigenvalue weighted by molar-refractivity contribution is -0.0230. The van der Waals surface area contributed by atoms with Gasteiger partial charge < -0.3 is 25.0 Å². The summed E-state index contributed by atoms with van der Waals surface area (Å²) in [5.74, 6) is 2.97. The molecular formula is C20H25N5O4. The van der Waals surface area contributed by atoms with Gasteiger partial charge >= 0.3 is 0 Å². The molecule has 4 rings (SSSR count). The van der Waals surface area contributed by atoms with Crippen LogP contribution in [0.4, 0.5) is 5.82 Å². The van der Waals surface area contributed by atoms with Crippen molar-refractivity contribution < 1.29 is 19.7 Å². The van der Waals surface area contributed by atoms with E-state index >= 15 is 0 Å². The highest BCUT2D eigenvalue weighted by Gasteiger charge is 2.43. The van der Waals surface area contributed by atoms with E-state index in [-0.39, 0.29) is 12.1 Å². The molecular weight excluding hydrogens is 374 g/mol. The smallest absolute Gasteiger partial charge is 0.167 e. The number of allylic oxidation sites excluding steroid dienone is 1. The Hall–Kier alpha value is -2.67. The second-order valence-corrected chi connectivity index (χ2v) is 7.36. The number of hydrogen-bond donors (Lipinski definition) is 3. The van der Waals surface area contributed by atoms with Crippen molar-refractivity contribution in [3.05, 3.63) is 25.0 Å². The fourth-order valence-electron chi connectivity index (χ4n) is 3.90. The molecule has 29 heavy (non-hydrogen) atoms. The van der Waals surface area contributed by atoms with Gasteiger partial charge in [-0.3, -0.25) is 4.57 Å². The molecule has 2 fully saturated rings. The Morgan fingerprint density at radius 1 is 1.24 bits per heavy atom. The molecule has 3 N–H and O–H groups in total. The Morgan fingerprint density at radius 3 is 2.72 bits per heavy atom. The van der Waals surface area contributed by atoms with E-state index in [0.717, 1.165) is 25.7 Å². The van der Waals surface area contributed by atoms with Crippen LogP contribution in [0.3, 0.4) is 0 Å². The summed E-state index contributed by atoms with van der Waals surface area (Å²) in [6.45, 7) is 1.94. The minimum absolute atomic E-state index is 0.255. The lowest BCUT2D eigenvalue weighted by Gasteiger charge is -2.28. The van der Waals surface area contributed by atoms with E-state index in [1.54, 1.807) is 10.8 Å². The van der Waals surface area contributed by atoms with Crippen molar-refractivity contribution in [3.8, 4) is 12.3 Å². The van der Waals surface area contributed by atoms with Crippen LogP contribution in [0.25, 0.3) is 11.2 Å². The Balaban J connectivity index is 1.50. The minimum atomic E-state index is -1.17. The predicted molar refractivity (Wildman–Crippen MR) is 106 cm³/mol. The molecule has 2 aromatic heterocycles. The molecule has 1 saturated carbocycles. The normalized spacial score (nSPS) is 32.5. The van der Waals surface area contributed by atoms with E-state index in [1.807, 2.05) is 13.0 Å². The largest absolute Gasteiger partial charge is 0.498 e. The average molecular weight is 399 g/mol. The number of ether oxygens (including phenoxy) is 2. The molecule has 1 aliphatic carbocycles. The van der Waals surface area contributed by atoms with Crippen LogP contribution in [-0.2, 0) is 9.47 Å². The van der Waals surface area contributed by atoms with Gasteiger partial charge in [-0.05, 0) is 32.6 Å². The molecule has 3 heterocycles. The monoisotopic (exact) mass is 399 g/mol. The van der Waals surface area contributed by atoms with E-state index in [9.17, 15) is 10.2 Å². The quantitative estimate of drug-likeness (QED) is 0.510. The molecule has 2 aromatic rings. The van der Waals surface area contributed by atoms with Crippen LogP contribution in [0, 0.1) is 12.3 Å². The molecule has 0 bridgehead atoms. The highest BCUT2D eigenvalue weighted by molar-refractivity contribution is 5.82. The summed E-state index contributed by atoms with van der Waals surface area (Å²) in [5, 5.41) is 23.8. The SMILES string of the molecule is C#C[C@H]1O[C@@H](n2cnc3c(N[C@H]4CC[C@H](OC=CC)CC4)ncnc32)[C@H](O)[C@@H]1O. The fourth-order valence-corrected chi connectivity index (χ4v) is 3.90. The molecule has 4 atom stereocenters. The number of nitrogens with one attached hydrogen (secondary N) is 1. The van der Waals surface area contributed by atoms with Gasteiger partial charge in [0, 0.05) is 6.04 Å². The Labute approximate surface area is 168 Å². The van der Waals surface area contributed by atoms with Gasteiger partial charge in [-0.25, -0.2) is 15.0 Å². The van der Waals surface area contributed by atoms with E-state index in [2.05, 4.69) is 26.2 Å². The van der Waals surface area contributed by atoms with Crippen LogP contribution < -0.4 is 5.32 Å². The van der Waals surface area contributed by atoms with Gasteiger partial charge in [-0.15, -0.1) is 6.42 Å². The molecule has 0 unspecified atom stereocenters. The molecule has 1 aliphatic heterocycles. The summed E-state index contributed by atoms with van der Waals surface area (Å²) in [4.78, 5) is 13.1. The van der Waals surface area contributed by atoms with E-state index in [0.29, 0.717) is 17.0 Å². The molecule has 9 nitrogen and oxygen atoms in total. The van der Waals surface area contributed by atoms with Gasteiger partial charge in [0.05, 0.1) is 18.7 Å². The standard InChI is InChI=1S/C20H25N5O4/c1-3-9-28-13-7-5-12(6-8-13)24-18-15-19(22-10-21-18)25(11-23-15)20-17(27)16(26)14(4-2)29-20/h2-3,9-14,16-17,20,26-27H,5-8H2,1H3,(H,21,22,24)/t12-,13-,14-,16-,17-,20-/m1/s1. The molecule has 0 spiro atoms. The summed E-state index contributed by atoms with van der Waals surface area (Å²) in [5.41, 5.74) is 1.08. The number of rotatable bonds is 5. The first-order valence-electron chi connectivity index (χ1n) is 9.80. The minimum Gasteiger partial charge on any atom is -0.498 e. The second-order valence-electron chi connectivity index (χ2n) is 7.36. The zero-order valence-electron chi connectivity index (χ0n) is 16.2. The molecule has 0 aromatic carbocycles. The number of nitrogens with zero attached hydrogens (tertiary/aromatic N) is 4. The number of terminal acetylenes is 1. The zero-order chi connectivity index (χ0) is 20.4. The molecule has 0 radical (unpaired) electrons. The van der Waals surface area contributed by atoms with Gasteiger partial charge in [0.25, 0.3) is 0 Å². The number of aliphatic hydroxyl groups is 2. The number of hydrogen-bond acceptors (Lipinski definition) is 8. The highest BCUT2D eigenvalue weighted by atomic mass is 16.6. The third kappa shape index (κ3) is 3.79. The highest BCUT2D eigenvalue weighted by Crippen LogP contribution is 2.32. The van der Waals surface area contributed by atoms with Gasteiger partial charge in [-0.2, -0.15) is 0 Å². The summed E-state index contributed by atoms with van der Waals surface area (Å²) < 4.78 is 12.9. The fraction of sp³-hybridized carbons (Fsp3) is 0.550. The van der Waals surface area contributed by atoms with Crippen LogP contribution in [0.5, 0.6) is 0 Å². The van der Waals surface area contributed by atoms with Crippen molar-refractivity contribution in [1.82, 2.24) is 19.5 Å². The first kappa shape index (κ1) is 19.6. The van der Waals surface area contributed by atoms with Crippen molar-refractivity contribution in [2.24, 2.45) is 0 Å². The van der Waals surface area contributed by atoms with Crippen LogP contribution in [0.1, 0.15) is 38.8 Å². The lowest BCUT2D eigenvalue weighted by atomic mass is 9.93. The number of anilines is 1. The van der Waals surface area contributed by atoms with E-state index < -0.39 is 24.5 Å². The van der Waals surface area contributed by atoms with Crippen molar-refractivity contribution in [2.75, 3.05) is 5.32 Å². The molecule has 0 amide bonds. The first-order chi connectivity index (χ1) is 14.1. The van der Waals surface area contributed by atoms with Crippen molar-refractivity contribution in [1.29, 1.82) is 0 Å². The summed E-state index contributed by atoms with van der Waals surface area (Å²) in [7, 11) is 0. The molecule has 9 heteroatoms. The number of fused-ring (bicyclic) bond motifs is 1. The number of aromatic nitrogens is 4. The third-order valence-corrected chi connectivity index (χ3v) is 5.46. The number of aliphatic hydroxyl groups excluding tert-OH is 2. The summed E-state index contributed by atoms with van der Waals surface area (Å²) in [6.07, 6.45) is 12.0. The van der Waals surface area contributed by atoms with Crippen molar-refractivity contribution in [3.63, 3.8) is 0 Å². The predicted octanol–water partition coefficient (Wildman–Crippen LogP) is 1.35. The van der Waals surface area contributed by atoms with E-state index in [4.69, 9.17) is 15.9 Å². The third-order valence-electron chi connectivity index (χ3n) is 5.46. The van der Waals surface area contributed by atoms with Gasteiger partial charge in [0.2, 0.25) is 0 Å². The van der Waals surface area contributed by atoms with Crippen LogP contribution >= 0.6 is 0 Å². The van der Waals surface area contributed by atoms with Crippen LogP contribution in [0.15, 0.2) is 25.0 Å². The van der Waals surface area contributed by atoms with Crippen LogP contribution in [0.2, 0.25) is 0 Å².